The van der Waals surface area contributed by atoms with Crippen molar-refractivity contribution in [2.24, 2.45) is 0 Å². The number of nitrogens with one attached hydrogen (secondary N) is 2. The number of rotatable bonds is 14. The monoisotopic (exact) mass is 629 g/mol. The Morgan fingerprint density at radius 3 is 2.36 bits per heavy atom. The molecule has 4 aromatic rings. The van der Waals surface area contributed by atoms with Gasteiger partial charge >= 0.3 is 0 Å². The molecular formula is C27H31N7O5S3. The van der Waals surface area contributed by atoms with E-state index in [-0.39, 0.29) is 23.1 Å². The van der Waals surface area contributed by atoms with E-state index in [1.54, 1.807) is 30.0 Å². The molecule has 4 rings (SSSR count). The maximum atomic E-state index is 13.0. The summed E-state index contributed by atoms with van der Waals surface area (Å²) in [5.41, 5.74) is 1.02. The van der Waals surface area contributed by atoms with Gasteiger partial charge in [0, 0.05) is 35.9 Å². The van der Waals surface area contributed by atoms with Crippen LogP contribution in [0, 0.1) is 0 Å². The van der Waals surface area contributed by atoms with E-state index in [2.05, 4.69) is 25.8 Å². The average molecular weight is 630 g/mol. The molecule has 15 heteroatoms. The number of carbonyl (C=O) groups excluding carboxylic acids is 2. The number of sulfonamides is 1. The summed E-state index contributed by atoms with van der Waals surface area (Å²) in [5, 5.41) is 16.9. The van der Waals surface area contributed by atoms with Crippen molar-refractivity contribution in [3.63, 3.8) is 0 Å². The van der Waals surface area contributed by atoms with Crippen molar-refractivity contribution in [1.82, 2.24) is 29.4 Å². The van der Waals surface area contributed by atoms with Gasteiger partial charge in [0.05, 0.1) is 23.8 Å². The fraction of sp³-hybridized carbons (Fsp3) is 0.296. The number of thioether (sulfide) groups is 1. The van der Waals surface area contributed by atoms with Gasteiger partial charge in [0.15, 0.2) is 16.1 Å². The van der Waals surface area contributed by atoms with Crippen LogP contribution in [0.25, 0.3) is 5.69 Å². The number of amides is 2. The first-order chi connectivity index (χ1) is 20.3. The summed E-state index contributed by atoms with van der Waals surface area (Å²) in [6.45, 7) is 6.72. The molecule has 2 N–H and O–H groups in total. The van der Waals surface area contributed by atoms with E-state index in [4.69, 9.17) is 4.74 Å². The third-order valence-corrected chi connectivity index (χ3v) is 9.67. The summed E-state index contributed by atoms with van der Waals surface area (Å²) in [7, 11) is -3.63. The van der Waals surface area contributed by atoms with Crippen LogP contribution in [0.3, 0.4) is 0 Å². The Bertz CT molecular complexity index is 1590. The summed E-state index contributed by atoms with van der Waals surface area (Å²) >= 11 is 2.52. The molecule has 2 heterocycles. The first-order valence-corrected chi connectivity index (χ1v) is 16.4. The SMILES string of the molecule is CCOc1ccc(-n2c(CNC(=O)c3ccc(S(=O)(=O)N(CC)CC)cc3)nnc2SCC(=O)Nc2nccs2)cc1. The predicted molar refractivity (Wildman–Crippen MR) is 162 cm³/mol. The molecule has 12 nitrogen and oxygen atoms in total. The minimum absolute atomic E-state index is 0.0322. The van der Waals surface area contributed by atoms with E-state index in [0.717, 1.165) is 5.69 Å². The molecule has 0 bridgehead atoms. The number of hydrogen-bond donors (Lipinski definition) is 2. The maximum Gasteiger partial charge on any atom is 0.251 e. The molecule has 2 amide bonds. The minimum Gasteiger partial charge on any atom is -0.494 e. The Balaban J connectivity index is 1.50. The normalized spacial score (nSPS) is 11.4. The zero-order chi connectivity index (χ0) is 30.1. The van der Waals surface area contributed by atoms with Crippen molar-refractivity contribution in [1.29, 1.82) is 0 Å². The predicted octanol–water partition coefficient (Wildman–Crippen LogP) is 3.81. The number of thiazole rings is 1. The molecule has 0 aliphatic carbocycles. The minimum atomic E-state index is -3.63. The van der Waals surface area contributed by atoms with Gasteiger partial charge in [-0.05, 0) is 55.5 Å². The smallest absolute Gasteiger partial charge is 0.251 e. The summed E-state index contributed by atoms with van der Waals surface area (Å²) in [5.74, 6) is 0.574. The van der Waals surface area contributed by atoms with E-state index in [1.807, 2.05) is 31.2 Å². The molecule has 0 aliphatic heterocycles. The van der Waals surface area contributed by atoms with Crippen molar-refractivity contribution < 1.29 is 22.7 Å². The molecule has 42 heavy (non-hydrogen) atoms. The van der Waals surface area contributed by atoms with Crippen molar-refractivity contribution in [2.75, 3.05) is 30.8 Å². The molecule has 0 atom stereocenters. The number of nitrogens with zero attached hydrogens (tertiary/aromatic N) is 5. The number of carbonyl (C=O) groups is 2. The number of aromatic nitrogens is 4. The third kappa shape index (κ3) is 7.53. The van der Waals surface area contributed by atoms with Gasteiger partial charge in [-0.25, -0.2) is 13.4 Å². The zero-order valence-corrected chi connectivity index (χ0v) is 25.8. The lowest BCUT2D eigenvalue weighted by atomic mass is 10.2. The van der Waals surface area contributed by atoms with Crippen LogP contribution >= 0.6 is 23.1 Å². The second kappa shape index (κ2) is 14.4. The molecule has 0 radical (unpaired) electrons. The van der Waals surface area contributed by atoms with Gasteiger partial charge in [-0.15, -0.1) is 21.5 Å². The number of ether oxygens (including phenoxy) is 1. The number of hydrogen-bond acceptors (Lipinski definition) is 10. The van der Waals surface area contributed by atoms with Gasteiger partial charge in [-0.1, -0.05) is 25.6 Å². The van der Waals surface area contributed by atoms with Crippen molar-refractivity contribution in [3.8, 4) is 11.4 Å². The highest BCUT2D eigenvalue weighted by Crippen LogP contribution is 2.25. The molecule has 0 fully saturated rings. The van der Waals surface area contributed by atoms with Crippen LogP contribution in [0.1, 0.15) is 37.0 Å². The zero-order valence-electron chi connectivity index (χ0n) is 23.3. The average Bonchev–Trinajstić information content (AvgIpc) is 3.66. The first-order valence-electron chi connectivity index (χ1n) is 13.1. The second-order valence-corrected chi connectivity index (χ2v) is 12.4. The summed E-state index contributed by atoms with van der Waals surface area (Å²) in [6, 6.07) is 13.1. The Kier molecular flexibility index (Phi) is 10.7. The molecule has 0 saturated carbocycles. The molecule has 2 aromatic heterocycles. The largest absolute Gasteiger partial charge is 0.494 e. The Morgan fingerprint density at radius 1 is 1.02 bits per heavy atom. The van der Waals surface area contributed by atoms with Crippen LogP contribution < -0.4 is 15.4 Å². The molecule has 0 aliphatic rings. The van der Waals surface area contributed by atoms with Gasteiger partial charge in [0.2, 0.25) is 15.9 Å². The second-order valence-electron chi connectivity index (χ2n) is 8.63. The lowest BCUT2D eigenvalue weighted by Gasteiger charge is -2.18. The molecule has 2 aromatic carbocycles. The van der Waals surface area contributed by atoms with Crippen LogP contribution in [0.15, 0.2) is 70.2 Å². The highest BCUT2D eigenvalue weighted by molar-refractivity contribution is 7.99. The molecular weight excluding hydrogens is 599 g/mol. The Labute approximate surface area is 252 Å². The maximum absolute atomic E-state index is 13.0. The van der Waals surface area contributed by atoms with Gasteiger partial charge in [0.1, 0.15) is 5.75 Å². The number of benzene rings is 2. The quantitative estimate of drug-likeness (QED) is 0.199. The fourth-order valence-electron chi connectivity index (χ4n) is 3.95. The summed E-state index contributed by atoms with van der Waals surface area (Å²) in [4.78, 5) is 29.6. The van der Waals surface area contributed by atoms with E-state index in [9.17, 15) is 18.0 Å². The lowest BCUT2D eigenvalue weighted by molar-refractivity contribution is -0.113. The molecule has 0 spiro atoms. The van der Waals surface area contributed by atoms with Crippen LogP contribution in [-0.2, 0) is 21.4 Å². The summed E-state index contributed by atoms with van der Waals surface area (Å²) < 4.78 is 34.2. The van der Waals surface area contributed by atoms with E-state index in [0.29, 0.717) is 47.1 Å². The van der Waals surface area contributed by atoms with Gasteiger partial charge in [-0.2, -0.15) is 4.31 Å². The first kappa shape index (κ1) is 31.2. The number of anilines is 1. The van der Waals surface area contributed by atoms with E-state index >= 15 is 0 Å². The lowest BCUT2D eigenvalue weighted by Crippen LogP contribution is -2.30. The topological polar surface area (TPSA) is 148 Å². The van der Waals surface area contributed by atoms with Crippen LogP contribution in [0.2, 0.25) is 0 Å². The standard InChI is InChI=1S/C27H31N7O5S3/c1-4-33(5-2)42(37,38)22-13-7-19(8-14-22)25(36)29-17-23-31-32-27(41-18-24(35)30-26-28-15-16-40-26)34(23)20-9-11-21(12-10-20)39-6-3/h7-16H,4-6,17-18H2,1-3H3,(H,29,36)(H,28,30,35). The molecule has 0 unspecified atom stereocenters. The Morgan fingerprint density at radius 2 is 1.74 bits per heavy atom. The van der Waals surface area contributed by atoms with Crippen LogP contribution in [0.5, 0.6) is 5.75 Å². The third-order valence-electron chi connectivity index (χ3n) is 5.98. The van der Waals surface area contributed by atoms with Crippen molar-refractivity contribution in [3.05, 3.63) is 71.5 Å². The van der Waals surface area contributed by atoms with Gasteiger partial charge in [0.25, 0.3) is 5.91 Å². The van der Waals surface area contributed by atoms with Crippen LogP contribution in [0.4, 0.5) is 5.13 Å². The molecule has 0 saturated heterocycles. The highest BCUT2D eigenvalue weighted by Gasteiger charge is 2.22. The fourth-order valence-corrected chi connectivity index (χ4v) is 6.72. The molecule has 222 valence electrons. The van der Waals surface area contributed by atoms with Gasteiger partial charge in [-0.3, -0.25) is 14.2 Å². The van der Waals surface area contributed by atoms with Crippen LogP contribution in [-0.4, -0.2) is 69.7 Å². The van der Waals surface area contributed by atoms with Crippen molar-refractivity contribution >= 4 is 50.1 Å². The van der Waals surface area contributed by atoms with Gasteiger partial charge < -0.3 is 15.4 Å². The highest BCUT2D eigenvalue weighted by atomic mass is 32.2. The summed E-state index contributed by atoms with van der Waals surface area (Å²) in [6.07, 6.45) is 1.61. The van der Waals surface area contributed by atoms with Crippen molar-refractivity contribution in [2.45, 2.75) is 37.4 Å². The Hall–Kier alpha value is -3.79. The van der Waals surface area contributed by atoms with E-state index in [1.165, 1.54) is 51.7 Å². The van der Waals surface area contributed by atoms with E-state index < -0.39 is 15.9 Å².